The van der Waals surface area contributed by atoms with Gasteiger partial charge in [0.05, 0.1) is 33.0 Å². The lowest BCUT2D eigenvalue weighted by Gasteiger charge is -2.21. The molecule has 3 rings (SSSR count). The lowest BCUT2D eigenvalue weighted by molar-refractivity contribution is -0.139. The van der Waals surface area contributed by atoms with Crippen LogP contribution in [0.2, 0.25) is 0 Å². The number of hydrogen-bond acceptors (Lipinski definition) is 7. The highest BCUT2D eigenvalue weighted by atomic mass is 16.5. The third kappa shape index (κ3) is 12.3. The molecule has 0 radical (unpaired) electrons. The molecule has 0 saturated heterocycles. The van der Waals surface area contributed by atoms with E-state index in [4.69, 9.17) is 14.2 Å². The van der Waals surface area contributed by atoms with Crippen LogP contribution in [0, 0.1) is 5.92 Å². The number of aryl methyl sites for hydroxylation is 4. The summed E-state index contributed by atoms with van der Waals surface area (Å²) in [5.74, 6) is -0.611. The molecule has 3 aromatic carbocycles. The van der Waals surface area contributed by atoms with E-state index >= 15 is 0 Å². The van der Waals surface area contributed by atoms with Crippen molar-refractivity contribution >= 4 is 11.9 Å². The Morgan fingerprint density at radius 2 is 1.22 bits per heavy atom. The molecule has 7 nitrogen and oxygen atoms in total. The van der Waals surface area contributed by atoms with E-state index in [9.17, 15) is 19.8 Å². The second kappa shape index (κ2) is 21.1. The van der Waals surface area contributed by atoms with Gasteiger partial charge in [0.1, 0.15) is 5.75 Å². The van der Waals surface area contributed by atoms with Crippen molar-refractivity contribution in [3.8, 4) is 28.0 Å². The van der Waals surface area contributed by atoms with Crippen molar-refractivity contribution in [2.75, 3.05) is 33.0 Å². The van der Waals surface area contributed by atoms with E-state index in [-0.39, 0.29) is 33.0 Å². The molecule has 0 spiro atoms. The molecule has 0 fully saturated rings. The fourth-order valence-corrected chi connectivity index (χ4v) is 5.72. The normalized spacial score (nSPS) is 11.0. The molecule has 0 aliphatic carbocycles. The third-order valence-corrected chi connectivity index (χ3v) is 8.72. The van der Waals surface area contributed by atoms with E-state index in [0.717, 1.165) is 35.1 Å². The Bertz CT molecular complexity index is 1510. The van der Waals surface area contributed by atoms with Crippen molar-refractivity contribution in [2.45, 2.75) is 85.5 Å². The Kier molecular flexibility index (Phi) is 17.0. The molecule has 3 aromatic rings. The molecule has 0 atom stereocenters. The van der Waals surface area contributed by atoms with Crippen LogP contribution in [0.15, 0.2) is 78.9 Å². The minimum absolute atomic E-state index is 0.133. The maximum atomic E-state index is 12.0. The number of rotatable bonds is 22. The summed E-state index contributed by atoms with van der Waals surface area (Å²) in [7, 11) is 0. The largest absolute Gasteiger partial charge is 0.493 e. The van der Waals surface area contributed by atoms with Crippen LogP contribution in [0.1, 0.15) is 82.1 Å². The van der Waals surface area contributed by atoms with Crippen molar-refractivity contribution in [1.29, 1.82) is 0 Å². The van der Waals surface area contributed by atoms with Gasteiger partial charge in [-0.05, 0) is 115 Å². The van der Waals surface area contributed by atoms with E-state index in [1.165, 1.54) is 41.5 Å². The van der Waals surface area contributed by atoms with Crippen LogP contribution in [-0.2, 0) is 44.7 Å². The van der Waals surface area contributed by atoms with Gasteiger partial charge in [-0.15, -0.1) is 0 Å². The van der Waals surface area contributed by atoms with Gasteiger partial charge >= 0.3 is 11.9 Å². The Hall–Kier alpha value is -4.20. The maximum absolute atomic E-state index is 12.0. The predicted molar refractivity (Wildman–Crippen MR) is 201 cm³/mol. The number of ether oxygens (including phenoxy) is 3. The van der Waals surface area contributed by atoms with Gasteiger partial charge in [-0.25, -0.2) is 9.59 Å². The summed E-state index contributed by atoms with van der Waals surface area (Å²) < 4.78 is 17.1. The first-order chi connectivity index (χ1) is 24.1. The molecule has 0 saturated carbocycles. The molecule has 0 heterocycles. The summed E-state index contributed by atoms with van der Waals surface area (Å²) in [6, 6.07) is 19.8. The van der Waals surface area contributed by atoms with Gasteiger partial charge in [0.2, 0.25) is 0 Å². The Labute approximate surface area is 299 Å². The highest BCUT2D eigenvalue weighted by Gasteiger charge is 2.18. The maximum Gasteiger partial charge on any atom is 0.333 e. The quantitative estimate of drug-likeness (QED) is 0.0623. The van der Waals surface area contributed by atoms with Crippen molar-refractivity contribution < 1.29 is 34.0 Å². The monoisotopic (exact) mass is 684 g/mol. The number of aliphatic hydroxyl groups excluding tert-OH is 2. The number of carbonyl (C=O) groups is 2. The highest BCUT2D eigenvalue weighted by Crippen LogP contribution is 2.36. The van der Waals surface area contributed by atoms with Gasteiger partial charge in [0, 0.05) is 17.1 Å². The lowest BCUT2D eigenvalue weighted by Crippen LogP contribution is -2.21. The fourth-order valence-electron chi connectivity index (χ4n) is 5.72. The second-order valence-corrected chi connectivity index (χ2v) is 13.1. The number of hydrogen-bond donors (Lipinski definition) is 2. The Morgan fingerprint density at radius 1 is 0.680 bits per heavy atom. The molecule has 270 valence electrons. The van der Waals surface area contributed by atoms with E-state index in [2.05, 4.69) is 81.6 Å². The van der Waals surface area contributed by atoms with Crippen LogP contribution in [-0.4, -0.2) is 55.2 Å². The number of aliphatic hydroxyl groups is 2. The van der Waals surface area contributed by atoms with E-state index < -0.39 is 17.9 Å². The van der Waals surface area contributed by atoms with Crippen molar-refractivity contribution in [3.63, 3.8) is 0 Å². The van der Waals surface area contributed by atoms with E-state index in [1.807, 2.05) is 0 Å². The zero-order valence-corrected chi connectivity index (χ0v) is 30.5. The van der Waals surface area contributed by atoms with Gasteiger partial charge in [-0.1, -0.05) is 82.3 Å². The second-order valence-electron chi connectivity index (χ2n) is 13.1. The first-order valence-corrected chi connectivity index (χ1v) is 18.0. The van der Waals surface area contributed by atoms with Crippen LogP contribution in [0.5, 0.6) is 5.75 Å². The van der Waals surface area contributed by atoms with Gasteiger partial charge in [-0.2, -0.15) is 0 Å². The van der Waals surface area contributed by atoms with Gasteiger partial charge < -0.3 is 24.4 Å². The predicted octanol–water partition coefficient (Wildman–Crippen LogP) is 8.40. The van der Waals surface area contributed by atoms with Crippen LogP contribution >= 0.6 is 0 Å². The van der Waals surface area contributed by atoms with Gasteiger partial charge in [-0.3, -0.25) is 0 Å². The molecule has 2 N–H and O–H groups in total. The topological polar surface area (TPSA) is 102 Å². The Balaban J connectivity index is 2.01. The van der Waals surface area contributed by atoms with Crippen LogP contribution < -0.4 is 4.74 Å². The molecule has 50 heavy (non-hydrogen) atoms. The van der Waals surface area contributed by atoms with Crippen LogP contribution in [0.4, 0.5) is 0 Å². The van der Waals surface area contributed by atoms with Crippen molar-refractivity contribution in [3.05, 3.63) is 101 Å². The molecule has 0 amide bonds. The minimum Gasteiger partial charge on any atom is -0.493 e. The van der Waals surface area contributed by atoms with Crippen LogP contribution in [0.3, 0.4) is 0 Å². The summed E-state index contributed by atoms with van der Waals surface area (Å²) >= 11 is 0. The number of unbranched alkanes of at least 4 members (excludes halogenated alkanes) is 2. The summed E-state index contributed by atoms with van der Waals surface area (Å²) in [5.41, 5.74) is 9.66. The molecule has 0 bridgehead atoms. The summed E-state index contributed by atoms with van der Waals surface area (Å²) in [5, 5.41) is 19.5. The van der Waals surface area contributed by atoms with Crippen molar-refractivity contribution in [2.24, 2.45) is 5.92 Å². The highest BCUT2D eigenvalue weighted by molar-refractivity contribution is 5.87. The first kappa shape index (κ1) is 40.2. The number of esters is 2. The first-order valence-electron chi connectivity index (χ1n) is 18.0. The Morgan fingerprint density at radius 3 is 1.72 bits per heavy atom. The SMILES string of the molecule is C=C(C)C(=O)OCCCc1cc(-c2ccc(-c3ccc(CCCCC)cc3)cc2CC)cc(CCCOC(=O)C(=C)C)c1OCC(CO)CO. The molecule has 0 aromatic heterocycles. The van der Waals surface area contributed by atoms with Crippen LogP contribution in [0.25, 0.3) is 22.3 Å². The third-order valence-electron chi connectivity index (χ3n) is 8.72. The fraction of sp³-hybridized carbons (Fsp3) is 0.442. The lowest BCUT2D eigenvalue weighted by atomic mass is 9.89. The zero-order valence-electron chi connectivity index (χ0n) is 30.5. The molecular weight excluding hydrogens is 628 g/mol. The summed E-state index contributed by atoms with van der Waals surface area (Å²) in [6.07, 6.45) is 7.87. The molecule has 0 unspecified atom stereocenters. The number of benzene rings is 3. The molecular formula is C43H56O7. The molecule has 7 heteroatoms. The van der Waals surface area contributed by atoms with E-state index in [0.29, 0.717) is 42.6 Å². The summed E-state index contributed by atoms with van der Waals surface area (Å²) in [4.78, 5) is 24.1. The minimum atomic E-state index is -0.437. The number of carbonyl (C=O) groups excluding carboxylic acids is 2. The average Bonchev–Trinajstić information content (AvgIpc) is 3.12. The standard InChI is InChI=1S/C43H56O7/c1-7-9-10-13-32-16-18-35(19-17-32)36-20-21-40(34(8-2)24-36)39-25-37(14-11-22-48-42(46)30(3)4)41(50-29-33(27-44)28-45)38(26-39)15-12-23-49-43(47)31(5)6/h16-21,24-26,33,44-45H,3,5,7-15,22-23,27-29H2,1-2,4,6H3. The van der Waals surface area contributed by atoms with Gasteiger partial charge in [0.15, 0.2) is 0 Å². The molecule has 0 aliphatic rings. The smallest absolute Gasteiger partial charge is 0.333 e. The van der Waals surface area contributed by atoms with Crippen molar-refractivity contribution in [1.82, 2.24) is 0 Å². The van der Waals surface area contributed by atoms with E-state index in [1.54, 1.807) is 13.8 Å². The summed E-state index contributed by atoms with van der Waals surface area (Å²) in [6.45, 7) is 15.1. The van der Waals surface area contributed by atoms with Gasteiger partial charge in [0.25, 0.3) is 0 Å². The zero-order chi connectivity index (χ0) is 36.5. The molecule has 0 aliphatic heterocycles. The average molecular weight is 685 g/mol.